The molecule has 84 valence electrons. The molecule has 1 aromatic carbocycles. The van der Waals surface area contributed by atoms with E-state index in [1.807, 2.05) is 0 Å². The summed E-state index contributed by atoms with van der Waals surface area (Å²) in [6.45, 7) is 0.268. The van der Waals surface area contributed by atoms with Gasteiger partial charge < -0.3 is 4.74 Å². The van der Waals surface area contributed by atoms with Gasteiger partial charge in [0.25, 0.3) is 0 Å². The predicted octanol–water partition coefficient (Wildman–Crippen LogP) is 4.08. The fourth-order valence-electron chi connectivity index (χ4n) is 1.02. The van der Waals surface area contributed by atoms with Crippen molar-refractivity contribution < 1.29 is 4.74 Å². The van der Waals surface area contributed by atoms with Gasteiger partial charge in [0, 0.05) is 11.1 Å². The molecule has 16 heavy (non-hydrogen) atoms. The molecule has 0 saturated heterocycles. The van der Waals surface area contributed by atoms with Crippen LogP contribution in [-0.4, -0.2) is 10.2 Å². The molecule has 0 amide bonds. The zero-order chi connectivity index (χ0) is 11.5. The van der Waals surface area contributed by atoms with E-state index in [0.717, 1.165) is 0 Å². The Kier molecular flexibility index (Phi) is 3.86. The monoisotopic (exact) mass is 294 g/mol. The largest absolute Gasteiger partial charge is 0.485 e. The van der Waals surface area contributed by atoms with Crippen molar-refractivity contribution in [2.75, 3.05) is 0 Å². The molecule has 0 atom stereocenters. The number of benzene rings is 1. The van der Waals surface area contributed by atoms with Crippen LogP contribution in [0.3, 0.4) is 0 Å². The third kappa shape index (κ3) is 2.98. The van der Waals surface area contributed by atoms with Crippen LogP contribution < -0.4 is 4.74 Å². The fourth-order valence-corrected chi connectivity index (χ4v) is 2.13. The summed E-state index contributed by atoms with van der Waals surface area (Å²) in [7, 11) is 0. The van der Waals surface area contributed by atoms with Crippen LogP contribution in [0.4, 0.5) is 0 Å². The van der Waals surface area contributed by atoms with Gasteiger partial charge in [-0.05, 0) is 23.7 Å². The van der Waals surface area contributed by atoms with Crippen molar-refractivity contribution in [2.45, 2.75) is 6.61 Å². The van der Waals surface area contributed by atoms with E-state index in [4.69, 9.17) is 39.5 Å². The Morgan fingerprint density at radius 1 is 1.19 bits per heavy atom. The molecule has 0 N–H and O–H groups in total. The van der Waals surface area contributed by atoms with Gasteiger partial charge in [-0.15, -0.1) is 10.2 Å². The molecule has 0 fully saturated rings. The number of aromatic nitrogens is 2. The third-order valence-electron chi connectivity index (χ3n) is 1.69. The second-order valence-electron chi connectivity index (χ2n) is 2.81. The molecule has 0 spiro atoms. The summed E-state index contributed by atoms with van der Waals surface area (Å²) in [6.07, 6.45) is 0. The van der Waals surface area contributed by atoms with Gasteiger partial charge in [0.05, 0.1) is 5.02 Å². The normalized spacial score (nSPS) is 10.4. The van der Waals surface area contributed by atoms with E-state index < -0.39 is 0 Å². The summed E-state index contributed by atoms with van der Waals surface area (Å²) in [4.78, 5) is 0. The zero-order valence-electron chi connectivity index (χ0n) is 7.78. The van der Waals surface area contributed by atoms with Crippen LogP contribution >= 0.6 is 46.1 Å². The van der Waals surface area contributed by atoms with Gasteiger partial charge in [0.15, 0.2) is 5.01 Å². The third-order valence-corrected chi connectivity index (χ3v) is 3.23. The molecule has 3 nitrogen and oxygen atoms in total. The quantitative estimate of drug-likeness (QED) is 0.856. The molecule has 1 heterocycles. The minimum Gasteiger partial charge on any atom is -0.485 e. The number of halogens is 3. The Bertz CT molecular complexity index is 503. The second-order valence-corrected chi connectivity index (χ2v) is 5.30. The molecular formula is C9H5Cl3N2OS. The Morgan fingerprint density at radius 3 is 2.69 bits per heavy atom. The maximum Gasteiger partial charge on any atom is 0.207 e. The Morgan fingerprint density at radius 2 is 2.00 bits per heavy atom. The van der Waals surface area contributed by atoms with Crippen molar-refractivity contribution in [3.05, 3.63) is 37.7 Å². The standard InChI is InChI=1S/C9H5Cl3N2OS/c10-5-1-2-6(11)7(3-5)15-4-8-13-14-9(12)16-8/h1-3H,4H2. The molecule has 0 aliphatic carbocycles. The molecule has 0 radical (unpaired) electrons. The summed E-state index contributed by atoms with van der Waals surface area (Å²) >= 11 is 18.6. The summed E-state index contributed by atoms with van der Waals surface area (Å²) in [5.41, 5.74) is 0. The maximum absolute atomic E-state index is 5.93. The summed E-state index contributed by atoms with van der Waals surface area (Å²) in [5.74, 6) is 0.514. The lowest BCUT2D eigenvalue weighted by Gasteiger charge is -2.05. The van der Waals surface area contributed by atoms with Gasteiger partial charge in [-0.2, -0.15) is 0 Å². The molecule has 7 heteroatoms. The smallest absolute Gasteiger partial charge is 0.207 e. The lowest BCUT2D eigenvalue weighted by molar-refractivity contribution is 0.305. The van der Waals surface area contributed by atoms with Gasteiger partial charge in [-0.1, -0.05) is 34.5 Å². The molecule has 2 aromatic rings. The highest BCUT2D eigenvalue weighted by Crippen LogP contribution is 2.28. The molecule has 0 saturated carbocycles. The van der Waals surface area contributed by atoms with Gasteiger partial charge in [-0.3, -0.25) is 0 Å². The Hall–Kier alpha value is -0.550. The zero-order valence-corrected chi connectivity index (χ0v) is 10.9. The first-order chi connectivity index (χ1) is 7.65. The number of hydrogen-bond acceptors (Lipinski definition) is 4. The van der Waals surface area contributed by atoms with Gasteiger partial charge in [-0.25, -0.2) is 0 Å². The second kappa shape index (κ2) is 5.19. The lowest BCUT2D eigenvalue weighted by Crippen LogP contribution is -1.95. The van der Waals surface area contributed by atoms with E-state index in [1.54, 1.807) is 18.2 Å². The van der Waals surface area contributed by atoms with E-state index >= 15 is 0 Å². The van der Waals surface area contributed by atoms with Crippen molar-refractivity contribution in [2.24, 2.45) is 0 Å². The first-order valence-corrected chi connectivity index (χ1v) is 6.16. The minimum atomic E-state index is 0.268. The average molecular weight is 296 g/mol. The Balaban J connectivity index is 2.07. The van der Waals surface area contributed by atoms with Crippen molar-refractivity contribution in [1.29, 1.82) is 0 Å². The highest BCUT2D eigenvalue weighted by atomic mass is 35.5. The van der Waals surface area contributed by atoms with Gasteiger partial charge in [0.1, 0.15) is 12.4 Å². The fraction of sp³-hybridized carbons (Fsp3) is 0.111. The van der Waals surface area contributed by atoms with Crippen molar-refractivity contribution >= 4 is 46.1 Å². The predicted molar refractivity (Wildman–Crippen MR) is 65.7 cm³/mol. The number of hydrogen-bond donors (Lipinski definition) is 0. The highest BCUT2D eigenvalue weighted by Gasteiger charge is 2.06. The van der Waals surface area contributed by atoms with Crippen LogP contribution in [0.15, 0.2) is 18.2 Å². The molecule has 0 aliphatic rings. The number of nitrogens with zero attached hydrogens (tertiary/aromatic N) is 2. The highest BCUT2D eigenvalue weighted by molar-refractivity contribution is 7.15. The number of rotatable bonds is 3. The van der Waals surface area contributed by atoms with E-state index in [0.29, 0.717) is 25.3 Å². The van der Waals surface area contributed by atoms with Crippen molar-refractivity contribution in [3.8, 4) is 5.75 Å². The summed E-state index contributed by atoms with van der Waals surface area (Å²) < 4.78 is 5.83. The first-order valence-electron chi connectivity index (χ1n) is 4.21. The van der Waals surface area contributed by atoms with Gasteiger partial charge >= 0.3 is 0 Å². The summed E-state index contributed by atoms with van der Waals surface area (Å²) in [6, 6.07) is 5.01. The Labute approximate surface area is 111 Å². The van der Waals surface area contributed by atoms with Crippen LogP contribution in [0, 0.1) is 0 Å². The molecule has 2 rings (SSSR count). The van der Waals surface area contributed by atoms with Gasteiger partial charge in [0.2, 0.25) is 4.47 Å². The molecule has 0 aliphatic heterocycles. The molecule has 0 bridgehead atoms. The topological polar surface area (TPSA) is 35.0 Å². The van der Waals surface area contributed by atoms with Crippen LogP contribution in [0.5, 0.6) is 5.75 Å². The van der Waals surface area contributed by atoms with Crippen LogP contribution in [0.25, 0.3) is 0 Å². The van der Waals surface area contributed by atoms with E-state index in [1.165, 1.54) is 11.3 Å². The maximum atomic E-state index is 5.93. The SMILES string of the molecule is Clc1ccc(Cl)c(OCc2nnc(Cl)s2)c1. The average Bonchev–Trinajstić information content (AvgIpc) is 2.66. The lowest BCUT2D eigenvalue weighted by atomic mass is 10.3. The first kappa shape index (κ1) is 11.9. The molecule has 0 unspecified atom stereocenters. The molecule has 1 aromatic heterocycles. The minimum absolute atomic E-state index is 0.268. The van der Waals surface area contributed by atoms with Crippen LogP contribution in [0.1, 0.15) is 5.01 Å². The van der Waals surface area contributed by atoms with E-state index in [9.17, 15) is 0 Å². The van der Waals surface area contributed by atoms with Crippen LogP contribution in [-0.2, 0) is 6.61 Å². The summed E-state index contributed by atoms with van der Waals surface area (Å²) in [5, 5.41) is 9.23. The van der Waals surface area contributed by atoms with Crippen molar-refractivity contribution in [1.82, 2.24) is 10.2 Å². The van der Waals surface area contributed by atoms with E-state index in [-0.39, 0.29) is 6.61 Å². The number of ether oxygens (including phenoxy) is 1. The van der Waals surface area contributed by atoms with Crippen molar-refractivity contribution in [3.63, 3.8) is 0 Å². The molecular weight excluding hydrogens is 291 g/mol. The van der Waals surface area contributed by atoms with E-state index in [2.05, 4.69) is 10.2 Å². The van der Waals surface area contributed by atoms with Crippen LogP contribution in [0.2, 0.25) is 14.5 Å².